The van der Waals surface area contributed by atoms with Crippen molar-refractivity contribution in [2.45, 2.75) is 0 Å². The van der Waals surface area contributed by atoms with Crippen molar-refractivity contribution in [2.24, 2.45) is 0 Å². The quantitative estimate of drug-likeness (QED) is 0.657. The third kappa shape index (κ3) is 1.96. The summed E-state index contributed by atoms with van der Waals surface area (Å²) in [5.41, 5.74) is 2.52. The molecular weight excluding hydrogens is 168 g/mol. The third-order valence-electron chi connectivity index (χ3n) is 1.09. The Kier molecular flexibility index (Phi) is 2.51. The van der Waals surface area contributed by atoms with E-state index in [1.807, 2.05) is 0 Å². The summed E-state index contributed by atoms with van der Waals surface area (Å²) in [6.07, 6.45) is 1.52. The third-order valence-corrected chi connectivity index (χ3v) is 1.31. The van der Waals surface area contributed by atoms with E-state index in [-0.39, 0.29) is 5.91 Å². The standard InChI is InChI=1S/C6H7ClN2O2/c1-11-9-6(10)5-2-4(7)3-8-5/h2-3,8H,1H3,(H,9,10). The number of H-pyrrole nitrogens is 1. The molecule has 1 heterocycles. The minimum atomic E-state index is -0.348. The first kappa shape index (κ1) is 8.10. The lowest BCUT2D eigenvalue weighted by Crippen LogP contribution is -2.21. The first-order chi connectivity index (χ1) is 5.24. The smallest absolute Gasteiger partial charge is 0.291 e. The van der Waals surface area contributed by atoms with E-state index in [1.54, 1.807) is 0 Å². The van der Waals surface area contributed by atoms with Crippen LogP contribution in [0.1, 0.15) is 10.5 Å². The van der Waals surface area contributed by atoms with Crippen LogP contribution in [0.15, 0.2) is 12.3 Å². The minimum Gasteiger partial charge on any atom is -0.356 e. The summed E-state index contributed by atoms with van der Waals surface area (Å²) in [5.74, 6) is -0.348. The lowest BCUT2D eigenvalue weighted by atomic mass is 10.4. The van der Waals surface area contributed by atoms with E-state index < -0.39 is 0 Å². The van der Waals surface area contributed by atoms with Gasteiger partial charge in [-0.15, -0.1) is 0 Å². The van der Waals surface area contributed by atoms with Gasteiger partial charge in [0.25, 0.3) is 5.91 Å². The second-order valence-electron chi connectivity index (χ2n) is 1.87. The second-order valence-corrected chi connectivity index (χ2v) is 2.30. The molecule has 0 fully saturated rings. The number of amides is 1. The predicted octanol–water partition coefficient (Wildman–Crippen LogP) is 0.959. The van der Waals surface area contributed by atoms with Gasteiger partial charge in [-0.2, -0.15) is 0 Å². The van der Waals surface area contributed by atoms with E-state index in [9.17, 15) is 4.79 Å². The zero-order valence-corrected chi connectivity index (χ0v) is 6.61. The monoisotopic (exact) mass is 174 g/mol. The largest absolute Gasteiger partial charge is 0.356 e. The summed E-state index contributed by atoms with van der Waals surface area (Å²) in [6, 6.07) is 1.51. The second kappa shape index (κ2) is 3.41. The number of aromatic amines is 1. The van der Waals surface area contributed by atoms with Gasteiger partial charge in [0.1, 0.15) is 5.69 Å². The number of aromatic nitrogens is 1. The maximum absolute atomic E-state index is 10.9. The van der Waals surface area contributed by atoms with Crippen LogP contribution in [0, 0.1) is 0 Å². The average Bonchev–Trinajstić information content (AvgIpc) is 2.36. The van der Waals surface area contributed by atoms with Gasteiger partial charge in [0.2, 0.25) is 0 Å². The normalized spacial score (nSPS) is 9.64. The van der Waals surface area contributed by atoms with Crippen LogP contribution >= 0.6 is 11.6 Å². The zero-order valence-electron chi connectivity index (χ0n) is 5.85. The first-order valence-electron chi connectivity index (χ1n) is 2.91. The molecule has 0 aliphatic heterocycles. The summed E-state index contributed by atoms with van der Waals surface area (Å²) in [4.78, 5) is 18.0. The van der Waals surface area contributed by atoms with Gasteiger partial charge in [0, 0.05) is 6.20 Å². The molecule has 0 aromatic carbocycles. The molecule has 1 amide bonds. The van der Waals surface area contributed by atoms with Gasteiger partial charge in [-0.3, -0.25) is 9.63 Å². The minimum absolute atomic E-state index is 0.348. The van der Waals surface area contributed by atoms with Gasteiger partial charge < -0.3 is 4.98 Å². The Morgan fingerprint density at radius 3 is 3.00 bits per heavy atom. The number of hydroxylamine groups is 1. The Labute approximate surface area is 68.5 Å². The highest BCUT2D eigenvalue weighted by atomic mass is 35.5. The first-order valence-corrected chi connectivity index (χ1v) is 3.29. The Hall–Kier alpha value is -1.00. The highest BCUT2D eigenvalue weighted by molar-refractivity contribution is 6.30. The van der Waals surface area contributed by atoms with E-state index in [0.29, 0.717) is 10.7 Å². The van der Waals surface area contributed by atoms with Crippen LogP contribution in [0.5, 0.6) is 0 Å². The molecule has 0 spiro atoms. The molecule has 0 saturated heterocycles. The van der Waals surface area contributed by atoms with Crippen molar-refractivity contribution in [3.8, 4) is 0 Å². The molecule has 1 rings (SSSR count). The molecule has 0 saturated carbocycles. The van der Waals surface area contributed by atoms with Gasteiger partial charge in [0.15, 0.2) is 0 Å². The summed E-state index contributed by atoms with van der Waals surface area (Å²) in [7, 11) is 1.36. The molecule has 0 unspecified atom stereocenters. The predicted molar refractivity (Wildman–Crippen MR) is 40.3 cm³/mol. The van der Waals surface area contributed by atoms with Crippen molar-refractivity contribution in [1.82, 2.24) is 10.5 Å². The van der Waals surface area contributed by atoms with E-state index in [2.05, 4.69) is 15.3 Å². The van der Waals surface area contributed by atoms with Gasteiger partial charge >= 0.3 is 0 Å². The van der Waals surface area contributed by atoms with Gasteiger partial charge in [-0.1, -0.05) is 11.6 Å². The molecule has 60 valence electrons. The Morgan fingerprint density at radius 2 is 2.55 bits per heavy atom. The summed E-state index contributed by atoms with van der Waals surface area (Å²) in [6.45, 7) is 0. The van der Waals surface area contributed by atoms with E-state index >= 15 is 0 Å². The van der Waals surface area contributed by atoms with Gasteiger partial charge in [-0.05, 0) is 6.07 Å². The van der Waals surface area contributed by atoms with Crippen molar-refractivity contribution in [1.29, 1.82) is 0 Å². The topological polar surface area (TPSA) is 54.1 Å². The fourth-order valence-corrected chi connectivity index (χ4v) is 0.810. The molecule has 0 radical (unpaired) electrons. The number of hydrogen-bond donors (Lipinski definition) is 2. The molecule has 1 aromatic rings. The Bertz CT molecular complexity index is 259. The van der Waals surface area contributed by atoms with Gasteiger partial charge in [-0.25, -0.2) is 5.48 Å². The number of rotatable bonds is 2. The molecule has 11 heavy (non-hydrogen) atoms. The molecule has 2 N–H and O–H groups in total. The number of carbonyl (C=O) groups is 1. The van der Waals surface area contributed by atoms with E-state index in [1.165, 1.54) is 19.4 Å². The molecule has 0 bridgehead atoms. The van der Waals surface area contributed by atoms with Crippen LogP contribution < -0.4 is 5.48 Å². The van der Waals surface area contributed by atoms with Gasteiger partial charge in [0.05, 0.1) is 12.1 Å². The van der Waals surface area contributed by atoms with Crippen LogP contribution in [0.4, 0.5) is 0 Å². The van der Waals surface area contributed by atoms with Crippen molar-refractivity contribution < 1.29 is 9.63 Å². The Morgan fingerprint density at radius 1 is 1.82 bits per heavy atom. The molecule has 1 aromatic heterocycles. The van der Waals surface area contributed by atoms with Crippen molar-refractivity contribution in [2.75, 3.05) is 7.11 Å². The van der Waals surface area contributed by atoms with Crippen molar-refractivity contribution in [3.63, 3.8) is 0 Å². The molecule has 0 atom stereocenters. The fraction of sp³-hybridized carbons (Fsp3) is 0.167. The molecule has 4 nitrogen and oxygen atoms in total. The number of nitrogens with one attached hydrogen (secondary N) is 2. The van der Waals surface area contributed by atoms with Crippen molar-refractivity contribution >= 4 is 17.5 Å². The molecule has 0 aliphatic rings. The summed E-state index contributed by atoms with van der Waals surface area (Å²) < 4.78 is 0. The maximum atomic E-state index is 10.9. The highest BCUT2D eigenvalue weighted by Crippen LogP contribution is 2.08. The zero-order chi connectivity index (χ0) is 8.27. The number of hydrogen-bond acceptors (Lipinski definition) is 2. The lowest BCUT2D eigenvalue weighted by Gasteiger charge is -1.96. The van der Waals surface area contributed by atoms with E-state index in [0.717, 1.165) is 0 Å². The molecule has 5 heteroatoms. The summed E-state index contributed by atoms with van der Waals surface area (Å²) in [5, 5.41) is 0.492. The lowest BCUT2D eigenvalue weighted by molar-refractivity contribution is 0.0533. The van der Waals surface area contributed by atoms with Crippen LogP contribution in [-0.4, -0.2) is 18.0 Å². The number of halogens is 1. The van der Waals surface area contributed by atoms with Crippen molar-refractivity contribution in [3.05, 3.63) is 23.0 Å². The Balaban J connectivity index is 2.69. The molecular formula is C6H7ClN2O2. The van der Waals surface area contributed by atoms with Crippen LogP contribution in [0.3, 0.4) is 0 Å². The van der Waals surface area contributed by atoms with Crippen LogP contribution in [0.25, 0.3) is 0 Å². The highest BCUT2D eigenvalue weighted by Gasteiger charge is 2.05. The molecule has 0 aliphatic carbocycles. The maximum Gasteiger partial charge on any atom is 0.291 e. The summed E-state index contributed by atoms with van der Waals surface area (Å²) >= 11 is 5.55. The van der Waals surface area contributed by atoms with Crippen LogP contribution in [-0.2, 0) is 4.84 Å². The average molecular weight is 175 g/mol. The SMILES string of the molecule is CONC(=O)c1cc(Cl)c[nH]1. The number of carbonyl (C=O) groups excluding carboxylic acids is 1. The fourth-order valence-electron chi connectivity index (χ4n) is 0.647. The van der Waals surface area contributed by atoms with E-state index in [4.69, 9.17) is 11.6 Å². The van der Waals surface area contributed by atoms with Crippen LogP contribution in [0.2, 0.25) is 5.02 Å².